The molecule has 3 aromatic rings. The minimum Gasteiger partial charge on any atom is -0.258 e. The molecule has 0 amide bonds. The zero-order chi connectivity index (χ0) is 23.4. The summed E-state index contributed by atoms with van der Waals surface area (Å²) in [5.74, 6) is 0. The average Bonchev–Trinajstić information content (AvgIpc) is 2.77. The number of hydrogen-bond donors (Lipinski definition) is 2. The van der Waals surface area contributed by atoms with Gasteiger partial charge < -0.3 is 0 Å². The van der Waals surface area contributed by atoms with E-state index in [-0.39, 0.29) is 22.0 Å². The molecule has 168 valence electrons. The van der Waals surface area contributed by atoms with E-state index in [0.29, 0.717) is 5.56 Å². The number of nitrogens with zero attached hydrogens (tertiary/aromatic N) is 1. The van der Waals surface area contributed by atoms with Crippen molar-refractivity contribution in [3.8, 4) is 0 Å². The van der Waals surface area contributed by atoms with Crippen LogP contribution in [0, 0.1) is 17.0 Å². The van der Waals surface area contributed by atoms with Gasteiger partial charge in [0.2, 0.25) is 20.0 Å². The molecule has 0 aromatic heterocycles. The summed E-state index contributed by atoms with van der Waals surface area (Å²) in [5, 5.41) is 11.0. The lowest BCUT2D eigenvalue weighted by Gasteiger charge is -2.20. The Labute approximate surface area is 186 Å². The van der Waals surface area contributed by atoms with Gasteiger partial charge >= 0.3 is 0 Å². The average molecular weight is 476 g/mol. The normalized spacial score (nSPS) is 12.9. The minimum atomic E-state index is -4.19. The van der Waals surface area contributed by atoms with Gasteiger partial charge in [-0.15, -0.1) is 0 Å². The molecule has 3 rings (SSSR count). The number of sulfonamides is 2. The van der Waals surface area contributed by atoms with Crippen molar-refractivity contribution >= 4 is 25.7 Å². The molecular formula is C21H21N3O6S2. The number of nitrogens with one attached hydrogen (secondary N) is 2. The molecule has 0 aliphatic carbocycles. The highest BCUT2D eigenvalue weighted by molar-refractivity contribution is 7.90. The zero-order valence-electron chi connectivity index (χ0n) is 17.0. The van der Waals surface area contributed by atoms with Gasteiger partial charge in [-0.3, -0.25) is 10.1 Å². The Balaban J connectivity index is 1.88. The van der Waals surface area contributed by atoms with E-state index in [4.69, 9.17) is 0 Å². The summed E-state index contributed by atoms with van der Waals surface area (Å²) in [7, 11) is -8.08. The third-order valence-corrected chi connectivity index (χ3v) is 7.56. The molecule has 2 N–H and O–H groups in total. The van der Waals surface area contributed by atoms with E-state index in [0.717, 1.165) is 11.6 Å². The van der Waals surface area contributed by atoms with E-state index in [1.54, 1.807) is 42.5 Å². The van der Waals surface area contributed by atoms with Crippen molar-refractivity contribution in [3.05, 3.63) is 100 Å². The molecule has 1 atom stereocenters. The van der Waals surface area contributed by atoms with Crippen LogP contribution in [0.1, 0.15) is 17.2 Å². The van der Waals surface area contributed by atoms with E-state index >= 15 is 0 Å². The van der Waals surface area contributed by atoms with Gasteiger partial charge in [0.05, 0.1) is 20.8 Å². The molecule has 0 aliphatic heterocycles. The fourth-order valence-electron chi connectivity index (χ4n) is 2.93. The van der Waals surface area contributed by atoms with Crippen LogP contribution in [0.2, 0.25) is 0 Å². The van der Waals surface area contributed by atoms with Gasteiger partial charge in [0.25, 0.3) is 5.69 Å². The van der Waals surface area contributed by atoms with Crippen molar-refractivity contribution in [2.45, 2.75) is 22.8 Å². The second kappa shape index (κ2) is 9.57. The lowest BCUT2D eigenvalue weighted by Crippen LogP contribution is -2.37. The van der Waals surface area contributed by atoms with Crippen molar-refractivity contribution in [2.24, 2.45) is 0 Å². The summed E-state index contributed by atoms with van der Waals surface area (Å²) in [6.45, 7) is 1.56. The summed E-state index contributed by atoms with van der Waals surface area (Å²) >= 11 is 0. The largest absolute Gasteiger partial charge is 0.270 e. The summed E-state index contributed by atoms with van der Waals surface area (Å²) in [6, 6.07) is 18.3. The Morgan fingerprint density at radius 3 is 2.12 bits per heavy atom. The predicted molar refractivity (Wildman–Crippen MR) is 119 cm³/mol. The molecule has 0 heterocycles. The third kappa shape index (κ3) is 5.77. The predicted octanol–water partition coefficient (Wildman–Crippen LogP) is 2.90. The Morgan fingerprint density at radius 1 is 0.844 bits per heavy atom. The lowest BCUT2D eigenvalue weighted by atomic mass is 10.1. The highest BCUT2D eigenvalue weighted by Gasteiger charge is 2.25. The molecule has 0 radical (unpaired) electrons. The number of benzene rings is 3. The molecule has 3 aromatic carbocycles. The highest BCUT2D eigenvalue weighted by atomic mass is 32.2. The van der Waals surface area contributed by atoms with Gasteiger partial charge in [-0.05, 0) is 30.7 Å². The van der Waals surface area contributed by atoms with Gasteiger partial charge in [-0.2, -0.15) is 0 Å². The maximum absolute atomic E-state index is 12.9. The van der Waals surface area contributed by atoms with E-state index in [2.05, 4.69) is 9.44 Å². The van der Waals surface area contributed by atoms with Crippen LogP contribution in [0.4, 0.5) is 5.69 Å². The maximum atomic E-state index is 12.9. The van der Waals surface area contributed by atoms with E-state index in [9.17, 15) is 26.9 Å². The molecule has 11 heteroatoms. The number of aryl methyl sites for hydroxylation is 1. The molecule has 9 nitrogen and oxygen atoms in total. The first-order valence-electron chi connectivity index (χ1n) is 9.46. The molecule has 0 bridgehead atoms. The number of nitro benzene ring substituents is 1. The Morgan fingerprint density at radius 2 is 1.50 bits per heavy atom. The van der Waals surface area contributed by atoms with Gasteiger partial charge in [0.1, 0.15) is 0 Å². The van der Waals surface area contributed by atoms with Crippen LogP contribution in [0.25, 0.3) is 0 Å². The highest BCUT2D eigenvalue weighted by Crippen LogP contribution is 2.21. The molecule has 0 saturated carbocycles. The van der Waals surface area contributed by atoms with Gasteiger partial charge in [-0.25, -0.2) is 26.3 Å². The quantitative estimate of drug-likeness (QED) is 0.361. The third-order valence-electron chi connectivity index (χ3n) is 4.65. The van der Waals surface area contributed by atoms with Crippen molar-refractivity contribution in [2.75, 3.05) is 6.54 Å². The topological polar surface area (TPSA) is 135 Å². The van der Waals surface area contributed by atoms with E-state index in [1.165, 1.54) is 30.3 Å². The van der Waals surface area contributed by atoms with Gasteiger partial charge in [-0.1, -0.05) is 54.1 Å². The molecule has 0 saturated heterocycles. The van der Waals surface area contributed by atoms with Crippen LogP contribution in [0.5, 0.6) is 0 Å². The number of non-ortho nitro benzene ring substituents is 1. The first-order chi connectivity index (χ1) is 15.1. The Kier molecular flexibility index (Phi) is 7.04. The van der Waals surface area contributed by atoms with Gasteiger partial charge in [0, 0.05) is 18.7 Å². The first kappa shape index (κ1) is 23.5. The first-order valence-corrected chi connectivity index (χ1v) is 12.4. The van der Waals surface area contributed by atoms with Crippen molar-refractivity contribution in [1.29, 1.82) is 0 Å². The van der Waals surface area contributed by atoms with Crippen LogP contribution < -0.4 is 9.44 Å². The molecule has 0 fully saturated rings. The van der Waals surface area contributed by atoms with Crippen molar-refractivity contribution in [3.63, 3.8) is 0 Å². The monoisotopic (exact) mass is 475 g/mol. The second-order valence-electron chi connectivity index (χ2n) is 7.00. The summed E-state index contributed by atoms with van der Waals surface area (Å²) in [4.78, 5) is 10.1. The van der Waals surface area contributed by atoms with Crippen LogP contribution >= 0.6 is 0 Å². The number of nitro groups is 1. The van der Waals surface area contributed by atoms with E-state index < -0.39 is 31.0 Å². The fourth-order valence-corrected chi connectivity index (χ4v) is 5.24. The molecule has 0 spiro atoms. The summed E-state index contributed by atoms with van der Waals surface area (Å²) in [6.07, 6.45) is 0. The van der Waals surface area contributed by atoms with Crippen molar-refractivity contribution < 1.29 is 21.8 Å². The number of rotatable bonds is 9. The van der Waals surface area contributed by atoms with Gasteiger partial charge in [0.15, 0.2) is 0 Å². The van der Waals surface area contributed by atoms with Crippen molar-refractivity contribution in [1.82, 2.24) is 9.44 Å². The molecular weight excluding hydrogens is 454 g/mol. The Hall–Kier alpha value is -3.12. The number of hydrogen-bond acceptors (Lipinski definition) is 6. The van der Waals surface area contributed by atoms with Crippen LogP contribution in [0.15, 0.2) is 88.7 Å². The summed E-state index contributed by atoms with van der Waals surface area (Å²) < 4.78 is 56.0. The summed E-state index contributed by atoms with van der Waals surface area (Å²) in [5.41, 5.74) is 1.05. The fraction of sp³-hybridized carbons (Fsp3) is 0.143. The standard InChI is InChI=1S/C21H21N3O6S2/c1-16-10-12-19(13-11-16)31(27,28)22-15-21(17-6-3-2-4-7-17)23-32(29,30)20-9-5-8-18(14-20)24(25)26/h2-14,21-23H,15H2,1H3. The van der Waals surface area contributed by atoms with Crippen LogP contribution in [-0.4, -0.2) is 28.3 Å². The Bertz CT molecular complexity index is 1310. The SMILES string of the molecule is Cc1ccc(S(=O)(=O)NCC(NS(=O)(=O)c2cccc([N+](=O)[O-])c2)c2ccccc2)cc1. The van der Waals surface area contributed by atoms with E-state index in [1.807, 2.05) is 6.92 Å². The lowest BCUT2D eigenvalue weighted by molar-refractivity contribution is -0.385. The molecule has 0 aliphatic rings. The maximum Gasteiger partial charge on any atom is 0.270 e. The molecule has 1 unspecified atom stereocenters. The smallest absolute Gasteiger partial charge is 0.258 e. The molecule has 32 heavy (non-hydrogen) atoms. The zero-order valence-corrected chi connectivity index (χ0v) is 18.6. The van der Waals surface area contributed by atoms with Crippen LogP contribution in [-0.2, 0) is 20.0 Å². The van der Waals surface area contributed by atoms with Crippen LogP contribution in [0.3, 0.4) is 0 Å². The minimum absolute atomic E-state index is 0.0523. The second-order valence-corrected chi connectivity index (χ2v) is 10.5.